The summed E-state index contributed by atoms with van der Waals surface area (Å²) in [4.78, 5) is 15.5. The van der Waals surface area contributed by atoms with Crippen LogP contribution in [0.25, 0.3) is 10.9 Å². The number of pyridine rings is 1. The van der Waals surface area contributed by atoms with Gasteiger partial charge in [-0.1, -0.05) is 12.1 Å². The minimum absolute atomic E-state index is 0.0433. The number of hydrogen-bond acceptors (Lipinski definition) is 2. The van der Waals surface area contributed by atoms with Gasteiger partial charge in [-0.15, -0.1) is 0 Å². The summed E-state index contributed by atoms with van der Waals surface area (Å²) in [5.74, 6) is -0.280. The number of aromatic nitrogens is 2. The Morgan fingerprint density at radius 3 is 2.70 bits per heavy atom. The minimum Gasteiger partial charge on any atom is -0.342 e. The average molecular weight is 268 g/mol. The normalized spacial score (nSPS) is 10.9. The third kappa shape index (κ3) is 2.32. The van der Waals surface area contributed by atoms with E-state index in [1.165, 1.54) is 19.1 Å². The zero-order valence-electron chi connectivity index (χ0n) is 11.0. The lowest BCUT2D eigenvalue weighted by atomic mass is 10.2. The van der Waals surface area contributed by atoms with Crippen LogP contribution < -0.4 is 0 Å². The lowest BCUT2D eigenvalue weighted by Gasteiger charge is -2.06. The standard InChI is InChI=1S/C16H13FN2O/c1-11(20)15-8-13-6-7-19(16(13)9-18-15)10-12-2-4-14(17)5-3-12/h2-9H,10H2,1H3. The number of rotatable bonds is 3. The third-order valence-corrected chi connectivity index (χ3v) is 3.28. The molecule has 3 nitrogen and oxygen atoms in total. The number of halogens is 1. The van der Waals surface area contributed by atoms with E-state index in [9.17, 15) is 9.18 Å². The van der Waals surface area contributed by atoms with Gasteiger partial charge in [0.25, 0.3) is 0 Å². The second kappa shape index (κ2) is 4.89. The summed E-state index contributed by atoms with van der Waals surface area (Å²) in [6.45, 7) is 2.15. The van der Waals surface area contributed by atoms with E-state index in [1.807, 2.05) is 16.8 Å². The molecule has 0 saturated heterocycles. The van der Waals surface area contributed by atoms with E-state index in [0.717, 1.165) is 16.5 Å². The first kappa shape index (κ1) is 12.5. The van der Waals surface area contributed by atoms with Crippen molar-refractivity contribution in [3.63, 3.8) is 0 Å². The second-order valence-corrected chi connectivity index (χ2v) is 4.75. The van der Waals surface area contributed by atoms with Crippen LogP contribution in [0.5, 0.6) is 0 Å². The van der Waals surface area contributed by atoms with Crippen molar-refractivity contribution in [1.82, 2.24) is 9.55 Å². The fourth-order valence-electron chi connectivity index (χ4n) is 2.20. The number of fused-ring (bicyclic) bond motifs is 1. The number of benzene rings is 1. The molecule has 0 aliphatic carbocycles. The molecule has 0 amide bonds. The molecular weight excluding hydrogens is 255 g/mol. The van der Waals surface area contributed by atoms with Crippen LogP contribution in [0.15, 0.2) is 48.8 Å². The Kier molecular flexibility index (Phi) is 3.06. The maximum atomic E-state index is 12.9. The van der Waals surface area contributed by atoms with Crippen molar-refractivity contribution < 1.29 is 9.18 Å². The van der Waals surface area contributed by atoms with E-state index in [2.05, 4.69) is 4.98 Å². The van der Waals surface area contributed by atoms with E-state index in [4.69, 9.17) is 0 Å². The molecule has 0 N–H and O–H groups in total. The Morgan fingerprint density at radius 2 is 2.00 bits per heavy atom. The molecule has 0 aliphatic rings. The van der Waals surface area contributed by atoms with Crippen LogP contribution in [0.3, 0.4) is 0 Å². The Bertz CT molecular complexity index is 775. The van der Waals surface area contributed by atoms with Crippen molar-refractivity contribution in [1.29, 1.82) is 0 Å². The summed E-state index contributed by atoms with van der Waals surface area (Å²) in [5, 5.41) is 0.979. The van der Waals surface area contributed by atoms with E-state index in [-0.39, 0.29) is 11.6 Å². The van der Waals surface area contributed by atoms with Crippen LogP contribution in [0.2, 0.25) is 0 Å². The molecule has 0 saturated carbocycles. The Morgan fingerprint density at radius 1 is 1.25 bits per heavy atom. The second-order valence-electron chi connectivity index (χ2n) is 4.75. The molecule has 0 fully saturated rings. The molecule has 0 bridgehead atoms. The molecule has 3 aromatic rings. The lowest BCUT2D eigenvalue weighted by molar-refractivity contribution is 0.101. The van der Waals surface area contributed by atoms with Crippen molar-refractivity contribution in [2.75, 3.05) is 0 Å². The van der Waals surface area contributed by atoms with Crippen molar-refractivity contribution >= 4 is 16.7 Å². The number of hydrogen-bond donors (Lipinski definition) is 0. The molecule has 2 aromatic heterocycles. The molecule has 0 unspecified atom stereocenters. The van der Waals surface area contributed by atoms with E-state index < -0.39 is 0 Å². The number of nitrogens with zero attached hydrogens (tertiary/aromatic N) is 2. The highest BCUT2D eigenvalue weighted by Crippen LogP contribution is 2.18. The van der Waals surface area contributed by atoms with Gasteiger partial charge in [-0.25, -0.2) is 4.39 Å². The van der Waals surface area contributed by atoms with Crippen molar-refractivity contribution in [2.45, 2.75) is 13.5 Å². The van der Waals surface area contributed by atoms with Crippen molar-refractivity contribution in [3.05, 3.63) is 65.9 Å². The predicted octanol–water partition coefficient (Wildman–Crippen LogP) is 3.43. The first-order chi connectivity index (χ1) is 9.63. The first-order valence-electron chi connectivity index (χ1n) is 6.34. The van der Waals surface area contributed by atoms with Gasteiger partial charge < -0.3 is 4.57 Å². The molecule has 2 heterocycles. The Balaban J connectivity index is 1.96. The number of carbonyl (C=O) groups is 1. The molecular formula is C16H13FN2O. The van der Waals surface area contributed by atoms with Gasteiger partial charge in [-0.2, -0.15) is 0 Å². The third-order valence-electron chi connectivity index (χ3n) is 3.28. The topological polar surface area (TPSA) is 34.9 Å². The highest BCUT2D eigenvalue weighted by atomic mass is 19.1. The van der Waals surface area contributed by atoms with Gasteiger partial charge >= 0.3 is 0 Å². The van der Waals surface area contributed by atoms with Crippen molar-refractivity contribution in [2.24, 2.45) is 0 Å². The van der Waals surface area contributed by atoms with Gasteiger partial charge in [0.15, 0.2) is 5.78 Å². The molecule has 100 valence electrons. The lowest BCUT2D eigenvalue weighted by Crippen LogP contribution is -2.00. The SMILES string of the molecule is CC(=O)c1cc2ccn(Cc3ccc(F)cc3)c2cn1. The molecule has 0 aliphatic heterocycles. The van der Waals surface area contributed by atoms with Crippen LogP contribution in [0.4, 0.5) is 4.39 Å². The summed E-state index contributed by atoms with van der Waals surface area (Å²) in [7, 11) is 0. The van der Waals surface area contributed by atoms with Gasteiger partial charge in [0.2, 0.25) is 0 Å². The van der Waals surface area contributed by atoms with E-state index >= 15 is 0 Å². The fourth-order valence-corrected chi connectivity index (χ4v) is 2.20. The molecule has 0 spiro atoms. The molecule has 3 rings (SSSR count). The maximum Gasteiger partial charge on any atom is 0.178 e. The van der Waals surface area contributed by atoms with Crippen molar-refractivity contribution in [3.8, 4) is 0 Å². The van der Waals surface area contributed by atoms with Gasteiger partial charge in [0.05, 0.1) is 11.7 Å². The van der Waals surface area contributed by atoms with Crippen LogP contribution in [-0.2, 0) is 6.54 Å². The smallest absolute Gasteiger partial charge is 0.178 e. The molecule has 1 aromatic carbocycles. The Hall–Kier alpha value is -2.49. The highest BCUT2D eigenvalue weighted by molar-refractivity contribution is 5.95. The minimum atomic E-state index is -0.237. The number of Topliss-reactive ketones (excluding diaryl/α,β-unsaturated/α-hetero) is 1. The average Bonchev–Trinajstić information content (AvgIpc) is 2.84. The monoisotopic (exact) mass is 268 g/mol. The van der Waals surface area contributed by atoms with Crippen LogP contribution >= 0.6 is 0 Å². The molecule has 0 atom stereocenters. The zero-order valence-corrected chi connectivity index (χ0v) is 11.0. The van der Waals surface area contributed by atoms with E-state index in [1.54, 1.807) is 24.4 Å². The summed E-state index contributed by atoms with van der Waals surface area (Å²) in [6, 6.07) is 10.2. The summed E-state index contributed by atoms with van der Waals surface area (Å²) in [5.41, 5.74) is 2.44. The molecule has 20 heavy (non-hydrogen) atoms. The quantitative estimate of drug-likeness (QED) is 0.682. The maximum absolute atomic E-state index is 12.9. The summed E-state index contributed by atoms with van der Waals surface area (Å²) >= 11 is 0. The van der Waals surface area contributed by atoms with Crippen LogP contribution in [0.1, 0.15) is 23.0 Å². The fraction of sp³-hybridized carbons (Fsp3) is 0.125. The van der Waals surface area contributed by atoms with Gasteiger partial charge in [0, 0.05) is 25.1 Å². The van der Waals surface area contributed by atoms with Crippen LogP contribution in [-0.4, -0.2) is 15.3 Å². The van der Waals surface area contributed by atoms with Gasteiger partial charge in [-0.05, 0) is 29.8 Å². The van der Waals surface area contributed by atoms with Crippen LogP contribution in [0, 0.1) is 5.82 Å². The highest BCUT2D eigenvalue weighted by Gasteiger charge is 2.06. The predicted molar refractivity (Wildman–Crippen MR) is 75.2 cm³/mol. The number of carbonyl (C=O) groups excluding carboxylic acids is 1. The summed E-state index contributed by atoms with van der Waals surface area (Å²) < 4.78 is 14.9. The summed E-state index contributed by atoms with van der Waals surface area (Å²) in [6.07, 6.45) is 3.65. The molecule has 0 radical (unpaired) electrons. The van der Waals surface area contributed by atoms with Gasteiger partial charge in [-0.3, -0.25) is 9.78 Å². The first-order valence-corrected chi connectivity index (χ1v) is 6.34. The van der Waals surface area contributed by atoms with Gasteiger partial charge in [0.1, 0.15) is 11.5 Å². The number of ketones is 1. The zero-order chi connectivity index (χ0) is 14.1. The Labute approximate surface area is 115 Å². The largest absolute Gasteiger partial charge is 0.342 e. The van der Waals surface area contributed by atoms with E-state index in [0.29, 0.717) is 12.2 Å². The molecule has 4 heteroatoms.